The quantitative estimate of drug-likeness (QED) is 0.673. The van der Waals surface area contributed by atoms with Crippen LogP contribution >= 0.6 is 0 Å². The summed E-state index contributed by atoms with van der Waals surface area (Å²) < 4.78 is 0. The van der Waals surface area contributed by atoms with Gasteiger partial charge in [0.15, 0.2) is 0 Å². The van der Waals surface area contributed by atoms with Crippen molar-refractivity contribution < 1.29 is 0 Å². The van der Waals surface area contributed by atoms with Crippen molar-refractivity contribution in [3.63, 3.8) is 0 Å². The van der Waals surface area contributed by atoms with Gasteiger partial charge in [0.25, 0.3) is 0 Å². The van der Waals surface area contributed by atoms with Crippen molar-refractivity contribution in [3.8, 4) is 0 Å². The van der Waals surface area contributed by atoms with Crippen LogP contribution in [0.1, 0.15) is 39.5 Å². The van der Waals surface area contributed by atoms with Crippen LogP contribution in [0.25, 0.3) is 0 Å². The van der Waals surface area contributed by atoms with Gasteiger partial charge < -0.3 is 11.1 Å². The Labute approximate surface area is 75.9 Å². The molecule has 1 aliphatic rings. The molecule has 0 aliphatic heterocycles. The summed E-state index contributed by atoms with van der Waals surface area (Å²) in [5.41, 5.74) is 6.00. The molecule has 0 saturated heterocycles. The molecular formula is C10H22N2. The lowest BCUT2D eigenvalue weighted by atomic mass is 9.75. The van der Waals surface area contributed by atoms with Gasteiger partial charge >= 0.3 is 0 Å². The molecule has 0 amide bonds. The van der Waals surface area contributed by atoms with Crippen molar-refractivity contribution in [1.29, 1.82) is 0 Å². The third-order valence-corrected chi connectivity index (χ3v) is 2.78. The van der Waals surface area contributed by atoms with Crippen LogP contribution in [0.4, 0.5) is 0 Å². The molecule has 1 fully saturated rings. The number of hydrogen-bond donors (Lipinski definition) is 2. The third-order valence-electron chi connectivity index (χ3n) is 2.78. The van der Waals surface area contributed by atoms with E-state index in [1.54, 1.807) is 0 Å². The van der Waals surface area contributed by atoms with E-state index in [2.05, 4.69) is 19.2 Å². The largest absolute Gasteiger partial charge is 0.329 e. The highest BCUT2D eigenvalue weighted by atomic mass is 14.9. The Morgan fingerprint density at radius 3 is 2.83 bits per heavy atom. The molecule has 2 heteroatoms. The molecule has 0 aromatic carbocycles. The van der Waals surface area contributed by atoms with Crippen LogP contribution in [-0.2, 0) is 0 Å². The van der Waals surface area contributed by atoms with E-state index >= 15 is 0 Å². The maximum absolute atomic E-state index is 5.45. The summed E-state index contributed by atoms with van der Waals surface area (Å²) in [7, 11) is 0. The van der Waals surface area contributed by atoms with E-state index < -0.39 is 0 Å². The summed E-state index contributed by atoms with van der Waals surface area (Å²) in [6.07, 6.45) is 5.40. The minimum Gasteiger partial charge on any atom is -0.329 e. The molecule has 0 radical (unpaired) electrons. The second kappa shape index (κ2) is 4.24. The van der Waals surface area contributed by atoms with E-state index in [1.807, 2.05) is 0 Å². The average Bonchev–Trinajstić information content (AvgIpc) is 1.99. The summed E-state index contributed by atoms with van der Waals surface area (Å²) in [5.74, 6) is 0. The molecule has 72 valence electrons. The monoisotopic (exact) mass is 170 g/mol. The van der Waals surface area contributed by atoms with Crippen molar-refractivity contribution >= 4 is 0 Å². The van der Waals surface area contributed by atoms with E-state index in [0.29, 0.717) is 5.41 Å². The zero-order valence-corrected chi connectivity index (χ0v) is 8.40. The van der Waals surface area contributed by atoms with Crippen molar-refractivity contribution in [1.82, 2.24) is 5.32 Å². The van der Waals surface area contributed by atoms with E-state index in [9.17, 15) is 0 Å². The first-order valence-corrected chi connectivity index (χ1v) is 5.07. The minimum atomic E-state index is 0.546. The number of rotatable bonds is 3. The van der Waals surface area contributed by atoms with E-state index in [-0.39, 0.29) is 0 Å². The van der Waals surface area contributed by atoms with Gasteiger partial charge in [0, 0.05) is 19.1 Å². The second-order valence-corrected chi connectivity index (χ2v) is 4.70. The van der Waals surface area contributed by atoms with Crippen molar-refractivity contribution in [3.05, 3.63) is 0 Å². The lowest BCUT2D eigenvalue weighted by Gasteiger charge is -2.35. The Hall–Kier alpha value is -0.0800. The van der Waals surface area contributed by atoms with Gasteiger partial charge in [-0.3, -0.25) is 0 Å². The van der Waals surface area contributed by atoms with Gasteiger partial charge in [-0.05, 0) is 24.7 Å². The normalized spacial score (nSPS) is 28.8. The number of hydrogen-bond acceptors (Lipinski definition) is 2. The molecule has 0 spiro atoms. The first kappa shape index (κ1) is 10.0. The van der Waals surface area contributed by atoms with E-state index in [0.717, 1.165) is 19.1 Å². The van der Waals surface area contributed by atoms with Gasteiger partial charge in [0.2, 0.25) is 0 Å². The molecule has 2 nitrogen and oxygen atoms in total. The summed E-state index contributed by atoms with van der Waals surface area (Å²) in [6, 6.07) is 0.720. The zero-order valence-electron chi connectivity index (χ0n) is 8.40. The van der Waals surface area contributed by atoms with Crippen LogP contribution in [-0.4, -0.2) is 19.1 Å². The Bertz CT molecular complexity index is 132. The van der Waals surface area contributed by atoms with E-state index in [4.69, 9.17) is 5.73 Å². The van der Waals surface area contributed by atoms with Crippen LogP contribution < -0.4 is 11.1 Å². The van der Waals surface area contributed by atoms with Crippen molar-refractivity contribution in [2.45, 2.75) is 45.6 Å². The summed E-state index contributed by atoms with van der Waals surface area (Å²) in [4.78, 5) is 0. The predicted octanol–water partition coefficient (Wildman–Crippen LogP) is 1.50. The van der Waals surface area contributed by atoms with Crippen LogP contribution in [0.2, 0.25) is 0 Å². The van der Waals surface area contributed by atoms with Gasteiger partial charge in [-0.1, -0.05) is 20.3 Å². The molecule has 0 heterocycles. The number of nitrogens with two attached hydrogens (primary N) is 1. The Morgan fingerprint density at radius 2 is 2.25 bits per heavy atom. The standard InChI is InChI=1S/C10H22N2/c1-10(2)5-3-4-9(8-10)12-7-6-11/h9,12H,3-8,11H2,1-2H3. The Morgan fingerprint density at radius 1 is 1.50 bits per heavy atom. The van der Waals surface area contributed by atoms with Gasteiger partial charge in [-0.15, -0.1) is 0 Å². The lowest BCUT2D eigenvalue weighted by molar-refractivity contribution is 0.199. The van der Waals surface area contributed by atoms with Gasteiger partial charge in [-0.25, -0.2) is 0 Å². The molecular weight excluding hydrogens is 148 g/mol. The first-order chi connectivity index (χ1) is 5.64. The molecule has 0 aromatic rings. The Balaban J connectivity index is 2.26. The topological polar surface area (TPSA) is 38.0 Å². The molecule has 12 heavy (non-hydrogen) atoms. The highest BCUT2D eigenvalue weighted by Crippen LogP contribution is 2.34. The molecule has 1 aliphatic carbocycles. The number of nitrogens with one attached hydrogen (secondary N) is 1. The SMILES string of the molecule is CC1(C)CCCC(NCCN)C1. The molecule has 1 rings (SSSR count). The highest BCUT2D eigenvalue weighted by Gasteiger charge is 2.27. The molecule has 3 N–H and O–H groups in total. The summed E-state index contributed by atoms with van der Waals surface area (Å²) in [5, 5.41) is 3.50. The zero-order chi connectivity index (χ0) is 9.03. The van der Waals surface area contributed by atoms with Crippen molar-refractivity contribution in [2.75, 3.05) is 13.1 Å². The fourth-order valence-electron chi connectivity index (χ4n) is 2.16. The van der Waals surface area contributed by atoms with Crippen LogP contribution in [0.5, 0.6) is 0 Å². The lowest BCUT2D eigenvalue weighted by Crippen LogP contribution is -2.39. The fraction of sp³-hybridized carbons (Fsp3) is 1.00. The predicted molar refractivity (Wildman–Crippen MR) is 53.1 cm³/mol. The van der Waals surface area contributed by atoms with Gasteiger partial charge in [-0.2, -0.15) is 0 Å². The highest BCUT2D eigenvalue weighted by molar-refractivity contribution is 4.83. The van der Waals surface area contributed by atoms with Gasteiger partial charge in [0.1, 0.15) is 0 Å². The molecule has 1 unspecified atom stereocenters. The second-order valence-electron chi connectivity index (χ2n) is 4.70. The first-order valence-electron chi connectivity index (χ1n) is 5.07. The molecule has 1 atom stereocenters. The third kappa shape index (κ3) is 3.11. The fourth-order valence-corrected chi connectivity index (χ4v) is 2.16. The molecule has 0 bridgehead atoms. The molecule has 1 saturated carbocycles. The van der Waals surface area contributed by atoms with Gasteiger partial charge in [0.05, 0.1) is 0 Å². The van der Waals surface area contributed by atoms with Crippen LogP contribution in [0.15, 0.2) is 0 Å². The summed E-state index contributed by atoms with van der Waals surface area (Å²) in [6.45, 7) is 6.46. The van der Waals surface area contributed by atoms with Crippen LogP contribution in [0.3, 0.4) is 0 Å². The molecule has 0 aromatic heterocycles. The van der Waals surface area contributed by atoms with Crippen LogP contribution in [0, 0.1) is 5.41 Å². The van der Waals surface area contributed by atoms with E-state index in [1.165, 1.54) is 25.7 Å². The Kier molecular flexibility index (Phi) is 3.53. The summed E-state index contributed by atoms with van der Waals surface area (Å²) >= 11 is 0. The smallest absolute Gasteiger partial charge is 0.00770 e. The maximum Gasteiger partial charge on any atom is 0.00770 e. The average molecular weight is 170 g/mol. The maximum atomic E-state index is 5.45. The minimum absolute atomic E-state index is 0.546. The van der Waals surface area contributed by atoms with Crippen molar-refractivity contribution in [2.24, 2.45) is 11.1 Å².